The van der Waals surface area contributed by atoms with E-state index in [0.29, 0.717) is 6.04 Å². The third-order valence-corrected chi connectivity index (χ3v) is 4.63. The Kier molecular flexibility index (Phi) is 4.72. The van der Waals surface area contributed by atoms with Crippen LogP contribution in [0.5, 0.6) is 5.75 Å². The molecule has 0 aliphatic heterocycles. The molecule has 2 rings (SSSR count). The number of fused-ring (bicyclic) bond motifs is 1. The van der Waals surface area contributed by atoms with Crippen LogP contribution in [-0.4, -0.2) is 29.6 Å². The largest absolute Gasteiger partial charge is 0.497 e. The van der Waals surface area contributed by atoms with Gasteiger partial charge in [-0.1, -0.05) is 18.3 Å². The van der Waals surface area contributed by atoms with Gasteiger partial charge in [-0.15, -0.1) is 0 Å². The van der Waals surface area contributed by atoms with Gasteiger partial charge in [-0.3, -0.25) is 0 Å². The van der Waals surface area contributed by atoms with Crippen LogP contribution in [0.15, 0.2) is 18.2 Å². The van der Waals surface area contributed by atoms with Gasteiger partial charge in [0.25, 0.3) is 0 Å². The van der Waals surface area contributed by atoms with E-state index in [9.17, 15) is 0 Å². The number of benzene rings is 1. The summed E-state index contributed by atoms with van der Waals surface area (Å²) in [5.41, 5.74) is 1.03. The Balaban J connectivity index is 2.09. The Morgan fingerprint density at radius 1 is 1.50 bits per heavy atom. The number of rotatable bonds is 6. The molecule has 1 aromatic carbocycles. The Morgan fingerprint density at radius 3 is 3.06 bits per heavy atom. The lowest BCUT2D eigenvalue weighted by atomic mass is 10.3. The highest BCUT2D eigenvalue weighted by molar-refractivity contribution is 7.99. The maximum Gasteiger partial charge on any atom is 0.184 e. The summed E-state index contributed by atoms with van der Waals surface area (Å²) in [6.45, 7) is 4.37. The van der Waals surface area contributed by atoms with Crippen LogP contribution < -0.4 is 10.1 Å². The van der Waals surface area contributed by atoms with Gasteiger partial charge in [0.2, 0.25) is 0 Å². The average molecular weight is 282 g/mol. The molecule has 0 amide bonds. The van der Waals surface area contributed by atoms with Crippen molar-refractivity contribution in [1.82, 2.24) is 4.98 Å². The van der Waals surface area contributed by atoms with Crippen LogP contribution in [0, 0.1) is 0 Å². The molecular weight excluding hydrogens is 264 g/mol. The number of aromatic nitrogens is 1. The molecule has 0 bridgehead atoms. The minimum absolute atomic E-state index is 0.442. The van der Waals surface area contributed by atoms with E-state index in [2.05, 4.69) is 24.1 Å². The number of thiazole rings is 1. The van der Waals surface area contributed by atoms with Gasteiger partial charge >= 0.3 is 0 Å². The summed E-state index contributed by atoms with van der Waals surface area (Å²) in [4.78, 5) is 4.58. The SMILES string of the molecule is CCSCC(C)Nc1nc2ccc(OC)cc2s1. The quantitative estimate of drug-likeness (QED) is 0.872. The number of nitrogens with zero attached hydrogens (tertiary/aromatic N) is 1. The fourth-order valence-electron chi connectivity index (χ4n) is 1.64. The maximum absolute atomic E-state index is 5.22. The molecule has 0 saturated heterocycles. The van der Waals surface area contributed by atoms with Gasteiger partial charge in [0.1, 0.15) is 5.75 Å². The van der Waals surface area contributed by atoms with Crippen molar-refractivity contribution < 1.29 is 4.74 Å². The molecule has 1 unspecified atom stereocenters. The summed E-state index contributed by atoms with van der Waals surface area (Å²) in [5.74, 6) is 3.14. The molecule has 1 aromatic heterocycles. The molecule has 0 aliphatic rings. The van der Waals surface area contributed by atoms with Gasteiger partial charge in [-0.05, 0) is 30.9 Å². The van der Waals surface area contributed by atoms with Gasteiger partial charge in [-0.2, -0.15) is 11.8 Å². The van der Waals surface area contributed by atoms with E-state index in [1.165, 1.54) is 0 Å². The highest BCUT2D eigenvalue weighted by Crippen LogP contribution is 2.29. The number of hydrogen-bond acceptors (Lipinski definition) is 5. The summed E-state index contributed by atoms with van der Waals surface area (Å²) >= 11 is 3.62. The monoisotopic (exact) mass is 282 g/mol. The number of ether oxygens (including phenoxy) is 1. The van der Waals surface area contributed by atoms with Crippen molar-refractivity contribution in [2.45, 2.75) is 19.9 Å². The van der Waals surface area contributed by atoms with Gasteiger partial charge in [0.15, 0.2) is 5.13 Å². The average Bonchev–Trinajstić information content (AvgIpc) is 2.77. The van der Waals surface area contributed by atoms with Gasteiger partial charge in [0.05, 0.1) is 17.3 Å². The van der Waals surface area contributed by atoms with Gasteiger partial charge in [-0.25, -0.2) is 4.98 Å². The Bertz CT molecular complexity index is 513. The third-order valence-electron chi connectivity index (χ3n) is 2.54. The molecule has 1 N–H and O–H groups in total. The molecule has 1 atom stereocenters. The van der Waals surface area contributed by atoms with Crippen LogP contribution >= 0.6 is 23.1 Å². The zero-order valence-electron chi connectivity index (χ0n) is 10.9. The normalized spacial score (nSPS) is 12.6. The van der Waals surface area contributed by atoms with E-state index in [1.54, 1.807) is 18.4 Å². The van der Waals surface area contributed by atoms with E-state index < -0.39 is 0 Å². The van der Waals surface area contributed by atoms with Gasteiger partial charge in [0, 0.05) is 11.8 Å². The van der Waals surface area contributed by atoms with Crippen molar-refractivity contribution in [1.29, 1.82) is 0 Å². The van der Waals surface area contributed by atoms with E-state index in [1.807, 2.05) is 30.0 Å². The van der Waals surface area contributed by atoms with Crippen molar-refractivity contribution in [2.24, 2.45) is 0 Å². The summed E-state index contributed by atoms with van der Waals surface area (Å²) in [5, 5.41) is 4.44. The van der Waals surface area contributed by atoms with Crippen molar-refractivity contribution in [3.8, 4) is 5.75 Å². The molecule has 0 saturated carbocycles. The standard InChI is InChI=1S/C13H18N2OS2/c1-4-17-8-9(2)14-13-15-11-6-5-10(16-3)7-12(11)18-13/h5-7,9H,4,8H2,1-3H3,(H,14,15). The predicted octanol–water partition coefficient (Wildman–Crippen LogP) is 3.86. The third kappa shape index (κ3) is 3.29. The fourth-order valence-corrected chi connectivity index (χ4v) is 3.32. The van der Waals surface area contributed by atoms with Crippen LogP contribution in [0.25, 0.3) is 10.2 Å². The second-order valence-electron chi connectivity index (χ2n) is 4.06. The fraction of sp³-hybridized carbons (Fsp3) is 0.462. The number of anilines is 1. The number of nitrogens with one attached hydrogen (secondary N) is 1. The molecule has 98 valence electrons. The number of thioether (sulfide) groups is 1. The first kappa shape index (κ1) is 13.5. The molecule has 0 spiro atoms. The van der Waals surface area contributed by atoms with Crippen LogP contribution in [-0.2, 0) is 0 Å². The van der Waals surface area contributed by atoms with E-state index in [0.717, 1.165) is 32.6 Å². The Labute approximate surface area is 116 Å². The zero-order chi connectivity index (χ0) is 13.0. The van der Waals surface area contributed by atoms with Crippen LogP contribution in [0.1, 0.15) is 13.8 Å². The summed E-state index contributed by atoms with van der Waals surface area (Å²) in [6.07, 6.45) is 0. The smallest absolute Gasteiger partial charge is 0.184 e. The number of hydrogen-bond donors (Lipinski definition) is 1. The van der Waals surface area contributed by atoms with Crippen molar-refractivity contribution in [3.63, 3.8) is 0 Å². The molecule has 0 aliphatic carbocycles. The molecule has 5 heteroatoms. The molecule has 0 fully saturated rings. The van der Waals surface area contributed by atoms with E-state index >= 15 is 0 Å². The minimum Gasteiger partial charge on any atom is -0.497 e. The molecule has 18 heavy (non-hydrogen) atoms. The second-order valence-corrected chi connectivity index (χ2v) is 6.41. The lowest BCUT2D eigenvalue weighted by molar-refractivity contribution is 0.415. The van der Waals surface area contributed by atoms with Crippen molar-refractivity contribution in [3.05, 3.63) is 18.2 Å². The number of methoxy groups -OCH3 is 1. The maximum atomic E-state index is 5.22. The lowest BCUT2D eigenvalue weighted by Gasteiger charge is -2.11. The second kappa shape index (κ2) is 6.29. The van der Waals surface area contributed by atoms with E-state index in [4.69, 9.17) is 4.74 Å². The molecule has 0 radical (unpaired) electrons. The van der Waals surface area contributed by atoms with Gasteiger partial charge < -0.3 is 10.1 Å². The summed E-state index contributed by atoms with van der Waals surface area (Å²) in [6, 6.07) is 6.42. The molecule has 1 heterocycles. The molecule has 3 nitrogen and oxygen atoms in total. The Hall–Kier alpha value is -0.940. The molecular formula is C13H18N2OS2. The minimum atomic E-state index is 0.442. The van der Waals surface area contributed by atoms with Crippen LogP contribution in [0.2, 0.25) is 0 Å². The van der Waals surface area contributed by atoms with Crippen LogP contribution in [0.4, 0.5) is 5.13 Å². The lowest BCUT2D eigenvalue weighted by Crippen LogP contribution is -2.17. The molecule has 2 aromatic rings. The van der Waals surface area contributed by atoms with Crippen molar-refractivity contribution >= 4 is 38.4 Å². The zero-order valence-corrected chi connectivity index (χ0v) is 12.5. The first-order chi connectivity index (χ1) is 8.72. The van der Waals surface area contributed by atoms with Crippen molar-refractivity contribution in [2.75, 3.05) is 23.9 Å². The van der Waals surface area contributed by atoms with Crippen LogP contribution in [0.3, 0.4) is 0 Å². The summed E-state index contributed by atoms with van der Waals surface area (Å²) < 4.78 is 6.38. The first-order valence-corrected chi connectivity index (χ1v) is 7.99. The van der Waals surface area contributed by atoms with E-state index in [-0.39, 0.29) is 0 Å². The Morgan fingerprint density at radius 2 is 2.33 bits per heavy atom. The summed E-state index contributed by atoms with van der Waals surface area (Å²) in [7, 11) is 1.69. The highest BCUT2D eigenvalue weighted by Gasteiger charge is 2.07. The highest BCUT2D eigenvalue weighted by atomic mass is 32.2. The topological polar surface area (TPSA) is 34.2 Å². The first-order valence-electron chi connectivity index (χ1n) is 6.01. The predicted molar refractivity (Wildman–Crippen MR) is 82.3 cm³/mol.